The van der Waals surface area contributed by atoms with Gasteiger partial charge in [-0.15, -0.1) is 0 Å². The molecule has 8 aromatic rings. The number of anilines is 4. The summed E-state index contributed by atoms with van der Waals surface area (Å²) in [6.45, 7) is 8.55. The Labute approximate surface area is 741 Å². The number of hydrogen-bond donors (Lipinski definition) is 8. The number of amides is 6. The average molecular weight is 1890 g/mol. The highest BCUT2D eigenvalue weighted by Gasteiger charge is 2.54. The molecule has 4 unspecified atom stereocenters. The number of fused-ring (bicyclic) bond motifs is 4. The van der Waals surface area contributed by atoms with Crippen molar-refractivity contribution in [3.8, 4) is 0 Å². The average Bonchev–Trinajstić information content (AvgIpc) is 1.50. The normalized spacial score (nSPS) is 20.7. The van der Waals surface area contributed by atoms with E-state index in [0.717, 1.165) is 96.8 Å². The van der Waals surface area contributed by atoms with Crippen molar-refractivity contribution in [1.29, 1.82) is 0 Å². The molecule has 6 heterocycles. The molecule has 0 saturated carbocycles. The number of likely N-dealkylation sites (tertiary alicyclic amines) is 2. The molecule has 6 saturated heterocycles. The molecule has 4 bridgehead atoms. The summed E-state index contributed by atoms with van der Waals surface area (Å²) < 4.78 is 246. The molecule has 0 aromatic heterocycles. The van der Waals surface area contributed by atoms with Gasteiger partial charge in [0.2, 0.25) is 0 Å². The lowest BCUT2D eigenvalue weighted by atomic mass is 9.88. The van der Waals surface area contributed by atoms with Crippen LogP contribution in [0.3, 0.4) is 0 Å². The first-order valence-electron chi connectivity index (χ1n) is 39.7. The third-order valence-electron chi connectivity index (χ3n) is 23.1. The van der Waals surface area contributed by atoms with Crippen LogP contribution in [0.5, 0.6) is 0 Å². The van der Waals surface area contributed by atoms with Crippen LogP contribution < -0.4 is 21.3 Å². The number of nitrogens with zero attached hydrogens (tertiary/aromatic N) is 4. The van der Waals surface area contributed by atoms with Crippen LogP contribution in [-0.4, -0.2) is 155 Å². The number of aliphatic hydroxyl groups excluding tert-OH is 3. The molecular formula is C89H81Cl4F17N8O10. The maximum absolute atomic E-state index is 15.4. The third-order valence-corrected chi connectivity index (χ3v) is 24.2. The minimum absolute atomic E-state index is 0.0595. The van der Waals surface area contributed by atoms with Gasteiger partial charge in [0.15, 0.2) is 5.67 Å². The number of piperidine rings is 4. The molecule has 14 rings (SSSR count). The van der Waals surface area contributed by atoms with E-state index in [1.54, 1.807) is 6.92 Å². The smallest absolute Gasteiger partial charge is 0.352 e. The molecule has 6 fully saturated rings. The highest BCUT2D eigenvalue weighted by Crippen LogP contribution is 2.50. The number of allylic oxidation sites excluding steroid dienone is 2. The van der Waals surface area contributed by atoms with Crippen molar-refractivity contribution in [2.45, 2.75) is 168 Å². The van der Waals surface area contributed by atoms with Gasteiger partial charge in [0.25, 0.3) is 35.4 Å². The van der Waals surface area contributed by atoms with Gasteiger partial charge in [0, 0.05) is 88.8 Å². The lowest BCUT2D eigenvalue weighted by Crippen LogP contribution is -2.56. The lowest BCUT2D eigenvalue weighted by molar-refractivity contribution is -0.167. The second-order valence-electron chi connectivity index (χ2n) is 31.8. The van der Waals surface area contributed by atoms with Gasteiger partial charge in [-0.25, -0.2) is 39.5 Å². The van der Waals surface area contributed by atoms with E-state index >= 15 is 17.6 Å². The summed E-state index contributed by atoms with van der Waals surface area (Å²) in [7, 11) is 0. The topological polar surface area (TPSA) is 244 Å². The summed E-state index contributed by atoms with van der Waals surface area (Å²) in [5, 5.41) is 48.2. The number of benzene rings is 8. The van der Waals surface area contributed by atoms with Crippen molar-refractivity contribution in [2.75, 3.05) is 47.4 Å². The molecule has 18 nitrogen and oxygen atoms in total. The van der Waals surface area contributed by atoms with Crippen molar-refractivity contribution < 1.29 is 124 Å². The molecule has 6 aliphatic rings. The second-order valence-corrected chi connectivity index (χ2v) is 33.4. The Morgan fingerprint density at radius 2 is 0.656 bits per heavy atom. The number of hydrogen-bond acceptors (Lipinski definition) is 12. The summed E-state index contributed by atoms with van der Waals surface area (Å²) in [5.41, 5.74) is -9.57. The summed E-state index contributed by atoms with van der Waals surface area (Å²) in [4.78, 5) is 79.2. The minimum Gasteiger partial charge on any atom is -0.393 e. The van der Waals surface area contributed by atoms with Gasteiger partial charge in [-0.05, 0) is 230 Å². The first-order chi connectivity index (χ1) is 59.9. The summed E-state index contributed by atoms with van der Waals surface area (Å²) in [6.07, 6.45) is 1.96. The molecule has 684 valence electrons. The van der Waals surface area contributed by atoms with E-state index in [2.05, 4.69) is 34.4 Å². The van der Waals surface area contributed by atoms with Crippen LogP contribution in [-0.2, 0) is 33.3 Å². The van der Waals surface area contributed by atoms with Crippen LogP contribution in [0.1, 0.15) is 155 Å². The van der Waals surface area contributed by atoms with Gasteiger partial charge in [-0.2, -0.15) is 35.1 Å². The maximum Gasteiger partial charge on any atom is 0.352 e. The third kappa shape index (κ3) is 22.0. The maximum atomic E-state index is 15.4. The molecule has 128 heavy (non-hydrogen) atoms. The van der Waals surface area contributed by atoms with E-state index in [0.29, 0.717) is 87.0 Å². The molecular weight excluding hydrogens is 1810 g/mol. The first-order valence-corrected chi connectivity index (χ1v) is 41.2. The first kappa shape index (κ1) is 98.1. The van der Waals surface area contributed by atoms with Gasteiger partial charge in [-0.1, -0.05) is 66.5 Å². The van der Waals surface area contributed by atoms with E-state index < -0.39 is 181 Å². The molecule has 8 atom stereocenters. The molecule has 8 aromatic carbocycles. The molecule has 0 spiro atoms. The quantitative estimate of drug-likeness (QED) is 0.0353. The zero-order chi connectivity index (χ0) is 93.9. The van der Waals surface area contributed by atoms with E-state index in [4.69, 9.17) is 46.4 Å². The predicted molar refractivity (Wildman–Crippen MR) is 442 cm³/mol. The van der Waals surface area contributed by atoms with Crippen molar-refractivity contribution in [3.63, 3.8) is 0 Å². The van der Waals surface area contributed by atoms with Crippen LogP contribution in [0.15, 0.2) is 170 Å². The minimum atomic E-state index is -4.40. The Hall–Kier alpha value is -10.5. The van der Waals surface area contributed by atoms with Crippen LogP contribution in [0, 0.1) is 46.5 Å². The van der Waals surface area contributed by atoms with Crippen LogP contribution in [0.4, 0.5) is 97.4 Å². The largest absolute Gasteiger partial charge is 0.393 e. The van der Waals surface area contributed by atoms with Crippen LogP contribution in [0.25, 0.3) is 0 Å². The van der Waals surface area contributed by atoms with Gasteiger partial charge >= 0.3 is 23.7 Å². The molecule has 6 amide bonds. The summed E-state index contributed by atoms with van der Waals surface area (Å²) >= 11 is 22.7. The molecule has 0 aliphatic carbocycles. The fourth-order valence-electron chi connectivity index (χ4n) is 16.0. The number of aliphatic hydroxyl groups is 4. The van der Waals surface area contributed by atoms with Crippen molar-refractivity contribution in [2.24, 2.45) is 0 Å². The fourth-order valence-corrected chi connectivity index (χ4v) is 16.7. The lowest BCUT2D eigenvalue weighted by Gasteiger charge is -2.42. The number of carbonyl (C=O) groups is 6. The van der Waals surface area contributed by atoms with Crippen molar-refractivity contribution in [1.82, 2.24) is 19.6 Å². The SMILES string of the molecule is C=C(N1[C@@H]2CC[C@H]1CC(O)C2)C(F)(F)c1cc(C(=O)Nc2ccc(F)c(Cl)c2)ccc1F.C=C(N1[C@@H]2CC[C@H]1CC(O)C2)C(F)(F)c1cc(C(=O)Nc2ccc(F)c(Cl)c2)ccc1F.CC1(F)CN(C(=O)C(F)(F)c2cc(C(=O)Nc3ccc(F)c(Cl)c3)ccc2F)CCC1O.CCC1(O)CCN(C(=O)C(F)(F)c2cc(C(=O)Nc3ccc(F)c(Cl)c3)ccc2F)CC1. The molecule has 0 radical (unpaired) electrons. The highest BCUT2D eigenvalue weighted by atomic mass is 35.5. The molecule has 6 aliphatic heterocycles. The van der Waals surface area contributed by atoms with Crippen LogP contribution >= 0.6 is 46.4 Å². The summed E-state index contributed by atoms with van der Waals surface area (Å²) in [5.74, 6) is -30.9. The van der Waals surface area contributed by atoms with Crippen molar-refractivity contribution in [3.05, 3.63) is 281 Å². The highest BCUT2D eigenvalue weighted by molar-refractivity contribution is 6.32. The Bertz CT molecular complexity index is 5400. The Kier molecular flexibility index (Phi) is 30.2. The Morgan fingerprint density at radius 1 is 0.398 bits per heavy atom. The Morgan fingerprint density at radius 3 is 0.914 bits per heavy atom. The van der Waals surface area contributed by atoms with Gasteiger partial charge in [-0.3, -0.25) is 28.8 Å². The number of carbonyl (C=O) groups excluding carboxylic acids is 6. The van der Waals surface area contributed by atoms with Gasteiger partial charge in [0.05, 0.1) is 84.2 Å². The number of halogens is 21. The van der Waals surface area contributed by atoms with E-state index in [9.17, 15) is 106 Å². The van der Waals surface area contributed by atoms with Crippen LogP contribution in [0.2, 0.25) is 20.1 Å². The fraction of sp³-hybridized carbons (Fsp3) is 0.348. The molecule has 39 heteroatoms. The molecule has 8 N–H and O–H groups in total. The standard InChI is InChI=1S/2C23H21ClF4N2O2.C22H21ClF4N2O3.C21H18ClF5N2O3/c2*1-12(30-15-4-5-16(30)11-17(31)10-15)23(27,28)18-8-13(2-6-20(18)25)22(32)29-14-3-7-21(26)19(24)9-14;1-2-21(32)7-9-29(10-8-21)20(31)22(26,27)15-11-13(3-5-17(15)24)19(30)28-14-4-6-18(25)16(23)12-14;1-20(25)10-29(7-6-17(20)30)19(32)21(26,27)13-8-11(2-4-15(13)23)18(31)28-12-3-5-16(24)14(22)9-12/h2*2-3,6-9,15-17,31H,1,4-5,10-11H2,(H,29,32);3-6,11-12,32H,2,7-10H2,1H3,(H,28,30);2-5,8-9,17,30H,6-7,10H2,1H3,(H,28,31)/t2*15-,16+,17?;;. The Balaban J connectivity index is 0.000000165. The van der Waals surface area contributed by atoms with Gasteiger partial charge in [0.1, 0.15) is 46.5 Å². The van der Waals surface area contributed by atoms with Gasteiger partial charge < -0.3 is 61.3 Å². The summed E-state index contributed by atoms with van der Waals surface area (Å²) in [6, 6.07) is 22.2. The number of rotatable bonds is 19. The van der Waals surface area contributed by atoms with E-state index in [1.807, 2.05) is 0 Å². The second kappa shape index (κ2) is 39.4. The zero-order valence-corrected chi connectivity index (χ0v) is 70.6. The van der Waals surface area contributed by atoms with E-state index in [-0.39, 0.29) is 123 Å². The van der Waals surface area contributed by atoms with E-state index in [1.165, 1.54) is 46.2 Å². The number of alkyl halides is 9. The predicted octanol–water partition coefficient (Wildman–Crippen LogP) is 19.9. The zero-order valence-electron chi connectivity index (χ0n) is 67.6. The van der Waals surface area contributed by atoms with Crippen molar-refractivity contribution >= 4 is 105 Å². The monoisotopic (exact) mass is 1880 g/mol. The number of nitrogens with one attached hydrogen (secondary N) is 4.